The van der Waals surface area contributed by atoms with Crippen molar-refractivity contribution >= 4 is 15.9 Å². The Morgan fingerprint density at radius 2 is 1.92 bits per heavy atom. The van der Waals surface area contributed by atoms with Crippen molar-refractivity contribution < 1.29 is 13.2 Å². The second kappa shape index (κ2) is 7.31. The molecule has 1 amide bonds. The van der Waals surface area contributed by atoms with E-state index in [4.69, 9.17) is 0 Å². The molecule has 2 saturated carbocycles. The molecule has 26 heavy (non-hydrogen) atoms. The fourth-order valence-electron chi connectivity index (χ4n) is 5.01. The number of fused-ring (bicyclic) bond motifs is 2. The lowest BCUT2D eigenvalue weighted by molar-refractivity contribution is -0.127. The van der Waals surface area contributed by atoms with Crippen molar-refractivity contribution in [3.8, 4) is 0 Å². The molecule has 142 valence electrons. The largest absolute Gasteiger partial charge is 0.353 e. The van der Waals surface area contributed by atoms with Crippen molar-refractivity contribution in [2.45, 2.75) is 50.3 Å². The summed E-state index contributed by atoms with van der Waals surface area (Å²) in [5, 5.41) is 3.24. The molecule has 6 heteroatoms. The molecular weight excluding hydrogens is 348 g/mol. The van der Waals surface area contributed by atoms with Crippen LogP contribution in [0.4, 0.5) is 0 Å². The number of carbonyl (C=O) groups is 1. The maximum absolute atomic E-state index is 12.8. The molecule has 4 rings (SSSR count). The van der Waals surface area contributed by atoms with Crippen molar-refractivity contribution in [3.05, 3.63) is 35.9 Å². The van der Waals surface area contributed by atoms with Gasteiger partial charge in [0.15, 0.2) is 0 Å². The van der Waals surface area contributed by atoms with Crippen molar-refractivity contribution in [1.29, 1.82) is 0 Å². The lowest BCUT2D eigenvalue weighted by atomic mass is 9.93. The summed E-state index contributed by atoms with van der Waals surface area (Å²) in [6, 6.07) is 9.58. The smallest absolute Gasteiger partial charge is 0.224 e. The summed E-state index contributed by atoms with van der Waals surface area (Å²) in [5.41, 5.74) is 0.793. The van der Waals surface area contributed by atoms with Crippen molar-refractivity contribution in [2.24, 2.45) is 17.8 Å². The van der Waals surface area contributed by atoms with Gasteiger partial charge in [-0.15, -0.1) is 0 Å². The van der Waals surface area contributed by atoms with Gasteiger partial charge in [0.2, 0.25) is 15.9 Å². The molecule has 0 spiro atoms. The monoisotopic (exact) mass is 376 g/mol. The number of hydrogen-bond donors (Lipinski definition) is 1. The fraction of sp³-hybridized carbons (Fsp3) is 0.650. The zero-order chi connectivity index (χ0) is 18.1. The first-order valence-corrected chi connectivity index (χ1v) is 11.4. The third-order valence-electron chi connectivity index (χ3n) is 6.41. The van der Waals surface area contributed by atoms with Crippen LogP contribution in [-0.2, 0) is 20.6 Å². The average Bonchev–Trinajstić information content (AvgIpc) is 3.25. The van der Waals surface area contributed by atoms with Crippen LogP contribution in [0.15, 0.2) is 30.3 Å². The molecule has 0 radical (unpaired) electrons. The Labute approximate surface area is 156 Å². The van der Waals surface area contributed by atoms with Crippen LogP contribution in [0.5, 0.6) is 0 Å². The van der Waals surface area contributed by atoms with E-state index < -0.39 is 10.0 Å². The third-order valence-corrected chi connectivity index (χ3v) is 8.22. The third kappa shape index (κ3) is 3.81. The van der Waals surface area contributed by atoms with Crippen molar-refractivity contribution in [1.82, 2.24) is 9.62 Å². The molecule has 2 aliphatic carbocycles. The molecule has 1 saturated heterocycles. The van der Waals surface area contributed by atoms with Crippen LogP contribution in [0.3, 0.4) is 0 Å². The van der Waals surface area contributed by atoms with Gasteiger partial charge in [0.25, 0.3) is 0 Å². The van der Waals surface area contributed by atoms with Gasteiger partial charge >= 0.3 is 0 Å². The zero-order valence-corrected chi connectivity index (χ0v) is 16.0. The molecule has 3 aliphatic rings. The topological polar surface area (TPSA) is 66.5 Å². The number of carbonyl (C=O) groups excluding carboxylic acids is 1. The van der Waals surface area contributed by atoms with E-state index in [0.29, 0.717) is 25.0 Å². The van der Waals surface area contributed by atoms with Crippen LogP contribution in [-0.4, -0.2) is 37.8 Å². The Kier molecular flexibility index (Phi) is 5.06. The summed E-state index contributed by atoms with van der Waals surface area (Å²) in [6.07, 6.45) is 6.45. The minimum Gasteiger partial charge on any atom is -0.353 e. The molecule has 2 bridgehead atoms. The Balaban J connectivity index is 1.36. The number of rotatable bonds is 5. The maximum Gasteiger partial charge on any atom is 0.224 e. The Morgan fingerprint density at radius 3 is 2.62 bits per heavy atom. The molecule has 3 fully saturated rings. The molecule has 1 aliphatic heterocycles. The maximum atomic E-state index is 12.8. The van der Waals surface area contributed by atoms with E-state index in [1.807, 2.05) is 30.3 Å². The van der Waals surface area contributed by atoms with E-state index in [0.717, 1.165) is 30.7 Å². The number of nitrogens with zero attached hydrogens (tertiary/aromatic N) is 1. The Bertz CT molecular complexity index is 750. The van der Waals surface area contributed by atoms with Gasteiger partial charge in [0.05, 0.1) is 11.7 Å². The van der Waals surface area contributed by atoms with E-state index >= 15 is 0 Å². The van der Waals surface area contributed by atoms with Gasteiger partial charge in [-0.25, -0.2) is 12.7 Å². The van der Waals surface area contributed by atoms with Gasteiger partial charge in [-0.2, -0.15) is 0 Å². The van der Waals surface area contributed by atoms with Gasteiger partial charge < -0.3 is 5.32 Å². The number of sulfonamides is 1. The molecule has 1 aromatic carbocycles. The average molecular weight is 377 g/mol. The zero-order valence-electron chi connectivity index (χ0n) is 15.1. The van der Waals surface area contributed by atoms with Crippen LogP contribution in [0.2, 0.25) is 0 Å². The first-order chi connectivity index (χ1) is 12.5. The molecule has 4 atom stereocenters. The summed E-state index contributed by atoms with van der Waals surface area (Å²) in [6.45, 7) is 0.842. The highest BCUT2D eigenvalue weighted by atomic mass is 32.2. The van der Waals surface area contributed by atoms with Gasteiger partial charge in [0, 0.05) is 19.1 Å². The SMILES string of the molecule is O=C(N[C@@H]1C[C@H]2CC[C@@H]1C2)[C@@H]1CCCN(S(=O)(=O)Cc2ccccc2)C1. The number of piperidine rings is 1. The number of amides is 1. The summed E-state index contributed by atoms with van der Waals surface area (Å²) in [7, 11) is -3.39. The van der Waals surface area contributed by atoms with Crippen molar-refractivity contribution in [2.75, 3.05) is 13.1 Å². The number of nitrogens with one attached hydrogen (secondary N) is 1. The quantitative estimate of drug-likeness (QED) is 0.859. The van der Waals surface area contributed by atoms with E-state index in [2.05, 4.69) is 5.32 Å². The molecular formula is C20H28N2O3S. The summed E-state index contributed by atoms with van der Waals surface area (Å²) >= 11 is 0. The first-order valence-electron chi connectivity index (χ1n) is 9.83. The van der Waals surface area contributed by atoms with Gasteiger partial charge in [-0.3, -0.25) is 4.79 Å². The van der Waals surface area contributed by atoms with E-state index in [9.17, 15) is 13.2 Å². The van der Waals surface area contributed by atoms with E-state index in [1.54, 1.807) is 0 Å². The predicted octanol–water partition coefficient (Wildman–Crippen LogP) is 2.53. The van der Waals surface area contributed by atoms with Gasteiger partial charge in [0.1, 0.15) is 0 Å². The van der Waals surface area contributed by atoms with Crippen LogP contribution in [0.25, 0.3) is 0 Å². The molecule has 1 aromatic rings. The van der Waals surface area contributed by atoms with E-state index in [-0.39, 0.29) is 17.6 Å². The fourth-order valence-corrected chi connectivity index (χ4v) is 6.62. The van der Waals surface area contributed by atoms with Crippen LogP contribution in [0, 0.1) is 17.8 Å². The minimum absolute atomic E-state index is 0.00849. The minimum atomic E-state index is -3.39. The first kappa shape index (κ1) is 18.0. The van der Waals surface area contributed by atoms with Crippen LogP contribution >= 0.6 is 0 Å². The highest BCUT2D eigenvalue weighted by molar-refractivity contribution is 7.88. The second-order valence-electron chi connectivity index (χ2n) is 8.23. The van der Waals surface area contributed by atoms with Gasteiger partial charge in [-0.1, -0.05) is 36.8 Å². The predicted molar refractivity (Wildman–Crippen MR) is 101 cm³/mol. The lowest BCUT2D eigenvalue weighted by Gasteiger charge is -2.33. The standard InChI is InChI=1S/C20H28N2O3S/c23-20(21-19-12-16-8-9-17(19)11-16)18-7-4-10-22(13-18)26(24,25)14-15-5-2-1-3-6-15/h1-3,5-6,16-19H,4,7-14H2,(H,21,23)/t16-,17+,18+,19+/m0/s1. The summed E-state index contributed by atoms with van der Waals surface area (Å²) in [4.78, 5) is 12.7. The Hall–Kier alpha value is -1.40. The molecule has 0 unspecified atom stereocenters. The van der Waals surface area contributed by atoms with Crippen molar-refractivity contribution in [3.63, 3.8) is 0 Å². The highest BCUT2D eigenvalue weighted by Crippen LogP contribution is 2.44. The lowest BCUT2D eigenvalue weighted by Crippen LogP contribution is -2.48. The summed E-state index contributed by atoms with van der Waals surface area (Å²) in [5.74, 6) is 1.29. The molecule has 5 nitrogen and oxygen atoms in total. The normalized spacial score (nSPS) is 31.8. The molecule has 1 N–H and O–H groups in total. The van der Waals surface area contributed by atoms with Crippen LogP contribution in [0.1, 0.15) is 44.1 Å². The van der Waals surface area contributed by atoms with Gasteiger partial charge in [-0.05, 0) is 49.5 Å². The van der Waals surface area contributed by atoms with E-state index in [1.165, 1.54) is 23.6 Å². The molecule has 1 heterocycles. The summed E-state index contributed by atoms with van der Waals surface area (Å²) < 4.78 is 27.1. The Morgan fingerprint density at radius 1 is 1.12 bits per heavy atom. The highest BCUT2D eigenvalue weighted by Gasteiger charge is 2.41. The second-order valence-corrected chi connectivity index (χ2v) is 10.2. The number of hydrogen-bond acceptors (Lipinski definition) is 3. The van der Waals surface area contributed by atoms with Crippen LogP contribution < -0.4 is 5.32 Å². The molecule has 0 aromatic heterocycles. The number of benzene rings is 1.